The second-order valence-electron chi connectivity index (χ2n) is 8.02. The third-order valence-corrected chi connectivity index (χ3v) is 7.90. The molecule has 0 amide bonds. The number of hydrogen-bond donors (Lipinski definition) is 0. The average Bonchev–Trinajstić information content (AvgIpc) is 2.99. The zero-order valence-electron chi connectivity index (χ0n) is 19.0. The predicted octanol–water partition coefficient (Wildman–Crippen LogP) is 3.25. The maximum atomic E-state index is 13.1. The molecule has 0 saturated carbocycles. The number of methoxy groups -OCH3 is 1. The lowest BCUT2D eigenvalue weighted by Crippen LogP contribution is -2.32. The molecule has 0 spiro atoms. The van der Waals surface area contributed by atoms with Crippen LogP contribution in [0.4, 0.5) is 0 Å². The van der Waals surface area contributed by atoms with Gasteiger partial charge in [0.05, 0.1) is 12.0 Å². The number of ketones is 1. The van der Waals surface area contributed by atoms with Crippen LogP contribution in [0.3, 0.4) is 0 Å². The third-order valence-electron chi connectivity index (χ3n) is 6.00. The molecule has 0 radical (unpaired) electrons. The summed E-state index contributed by atoms with van der Waals surface area (Å²) in [4.78, 5) is 25.3. The first-order chi connectivity index (χ1) is 15.2. The molecule has 1 fully saturated rings. The van der Waals surface area contributed by atoms with Crippen molar-refractivity contribution in [3.63, 3.8) is 0 Å². The van der Waals surface area contributed by atoms with Gasteiger partial charge in [0.15, 0.2) is 6.61 Å². The molecule has 0 unspecified atom stereocenters. The van der Waals surface area contributed by atoms with Crippen molar-refractivity contribution in [1.29, 1.82) is 0 Å². The fraction of sp³-hybridized carbons (Fsp3) is 0.478. The summed E-state index contributed by atoms with van der Waals surface area (Å²) < 4.78 is 40.0. The maximum absolute atomic E-state index is 13.1. The van der Waals surface area contributed by atoms with Crippen molar-refractivity contribution in [1.82, 2.24) is 8.87 Å². The monoisotopic (exact) mass is 462 g/mol. The van der Waals surface area contributed by atoms with E-state index in [4.69, 9.17) is 9.47 Å². The number of ether oxygens (including phenoxy) is 2. The molecule has 2 aromatic rings. The van der Waals surface area contributed by atoms with Gasteiger partial charge in [-0.25, -0.2) is 13.2 Å². The molecule has 32 heavy (non-hydrogen) atoms. The fourth-order valence-corrected chi connectivity index (χ4v) is 5.41. The van der Waals surface area contributed by atoms with Gasteiger partial charge >= 0.3 is 5.97 Å². The largest absolute Gasteiger partial charge is 0.496 e. The minimum atomic E-state index is -3.75. The summed E-state index contributed by atoms with van der Waals surface area (Å²) in [6.07, 6.45) is 3.62. The van der Waals surface area contributed by atoms with E-state index in [2.05, 4.69) is 0 Å². The number of carbonyl (C=O) groups is 2. The lowest BCUT2D eigenvalue weighted by atomic mass is 10.1. The van der Waals surface area contributed by atoms with E-state index in [1.165, 1.54) is 29.6 Å². The smallest absolute Gasteiger partial charge is 0.342 e. The first kappa shape index (κ1) is 24.0. The van der Waals surface area contributed by atoms with Crippen LogP contribution in [-0.4, -0.2) is 55.8 Å². The van der Waals surface area contributed by atoms with Gasteiger partial charge in [-0.1, -0.05) is 12.8 Å². The molecule has 1 aromatic carbocycles. The van der Waals surface area contributed by atoms with Gasteiger partial charge in [0.1, 0.15) is 11.3 Å². The Morgan fingerprint density at radius 1 is 1.00 bits per heavy atom. The van der Waals surface area contributed by atoms with E-state index in [1.807, 2.05) is 25.5 Å². The van der Waals surface area contributed by atoms with E-state index in [-0.39, 0.29) is 22.0 Å². The van der Waals surface area contributed by atoms with Crippen molar-refractivity contribution in [3.05, 3.63) is 46.8 Å². The molecule has 8 nitrogen and oxygen atoms in total. The number of sulfonamides is 1. The van der Waals surface area contributed by atoms with Gasteiger partial charge in [0, 0.05) is 37.1 Å². The summed E-state index contributed by atoms with van der Waals surface area (Å²) in [5, 5.41) is 0. The first-order valence-corrected chi connectivity index (χ1v) is 12.1. The molecule has 0 N–H and O–H groups in total. The van der Waals surface area contributed by atoms with Gasteiger partial charge in [-0.3, -0.25) is 4.79 Å². The highest BCUT2D eigenvalue weighted by molar-refractivity contribution is 7.89. The van der Waals surface area contributed by atoms with Crippen molar-refractivity contribution in [2.24, 2.45) is 7.05 Å². The molecular formula is C23H30N2O6S. The number of nitrogens with zero attached hydrogens (tertiary/aromatic N) is 2. The van der Waals surface area contributed by atoms with E-state index in [9.17, 15) is 18.0 Å². The van der Waals surface area contributed by atoms with Crippen molar-refractivity contribution in [2.75, 3.05) is 26.8 Å². The average molecular weight is 463 g/mol. The molecule has 3 rings (SSSR count). The van der Waals surface area contributed by atoms with Crippen LogP contribution in [0.2, 0.25) is 0 Å². The first-order valence-electron chi connectivity index (χ1n) is 10.7. The molecule has 1 aliphatic rings. The number of benzene rings is 1. The fourth-order valence-electron chi connectivity index (χ4n) is 3.86. The van der Waals surface area contributed by atoms with E-state index < -0.39 is 22.6 Å². The van der Waals surface area contributed by atoms with E-state index in [0.717, 1.165) is 37.1 Å². The Hall–Kier alpha value is -2.65. The molecule has 0 bridgehead atoms. The summed E-state index contributed by atoms with van der Waals surface area (Å²) in [5.74, 6) is -0.954. The second kappa shape index (κ2) is 9.87. The summed E-state index contributed by atoms with van der Waals surface area (Å²) in [6, 6.07) is 5.88. The molecule has 1 saturated heterocycles. The van der Waals surface area contributed by atoms with Crippen molar-refractivity contribution in [3.8, 4) is 5.75 Å². The Balaban J connectivity index is 1.81. The normalized spacial score (nSPS) is 15.2. The van der Waals surface area contributed by atoms with Crippen LogP contribution < -0.4 is 4.74 Å². The van der Waals surface area contributed by atoms with Crippen LogP contribution in [0.1, 0.15) is 57.8 Å². The van der Waals surface area contributed by atoms with Crippen LogP contribution >= 0.6 is 0 Å². The Morgan fingerprint density at radius 3 is 2.22 bits per heavy atom. The number of aromatic nitrogens is 1. The maximum Gasteiger partial charge on any atom is 0.342 e. The molecule has 9 heteroatoms. The molecule has 2 heterocycles. The lowest BCUT2D eigenvalue weighted by molar-refractivity contribution is 0.0471. The van der Waals surface area contributed by atoms with Crippen LogP contribution in [0.25, 0.3) is 0 Å². The van der Waals surface area contributed by atoms with E-state index in [0.29, 0.717) is 18.7 Å². The highest BCUT2D eigenvalue weighted by atomic mass is 32.2. The minimum Gasteiger partial charge on any atom is -0.496 e. The standard InChI is InChI=1S/C23H30N2O6S/c1-16-13-19(17(2)24(16)3)21(26)15-31-23(27)20-14-18(9-10-22(20)30-4)32(28,29)25-11-7-5-6-8-12-25/h9-10,13-14H,5-8,11-12,15H2,1-4H3. The number of carbonyl (C=O) groups excluding carboxylic acids is 2. The highest BCUT2D eigenvalue weighted by Crippen LogP contribution is 2.27. The number of Topliss-reactive ketones (excluding diaryl/α,β-unsaturated/α-hetero) is 1. The zero-order valence-corrected chi connectivity index (χ0v) is 19.8. The minimum absolute atomic E-state index is 0.00741. The topological polar surface area (TPSA) is 94.9 Å². The van der Waals surface area contributed by atoms with Crippen molar-refractivity contribution < 1.29 is 27.5 Å². The lowest BCUT2D eigenvalue weighted by Gasteiger charge is -2.20. The molecule has 0 aliphatic carbocycles. The molecule has 174 valence electrons. The van der Waals surface area contributed by atoms with E-state index >= 15 is 0 Å². The molecular weight excluding hydrogens is 432 g/mol. The third kappa shape index (κ3) is 4.88. The van der Waals surface area contributed by atoms with Gasteiger partial charge in [-0.2, -0.15) is 4.31 Å². The summed E-state index contributed by atoms with van der Waals surface area (Å²) in [7, 11) is -0.507. The van der Waals surface area contributed by atoms with Gasteiger partial charge in [0.2, 0.25) is 15.8 Å². The Bertz CT molecular complexity index is 1110. The Morgan fingerprint density at radius 2 is 1.66 bits per heavy atom. The van der Waals surface area contributed by atoms with Crippen LogP contribution in [0.5, 0.6) is 5.75 Å². The van der Waals surface area contributed by atoms with Crippen LogP contribution in [0.15, 0.2) is 29.2 Å². The zero-order chi connectivity index (χ0) is 23.5. The number of esters is 1. The van der Waals surface area contributed by atoms with Crippen molar-refractivity contribution >= 4 is 21.8 Å². The predicted molar refractivity (Wildman–Crippen MR) is 120 cm³/mol. The summed E-state index contributed by atoms with van der Waals surface area (Å²) in [6.45, 7) is 4.17. The summed E-state index contributed by atoms with van der Waals surface area (Å²) >= 11 is 0. The van der Waals surface area contributed by atoms with Crippen LogP contribution in [-0.2, 0) is 21.8 Å². The Kier molecular flexibility index (Phi) is 7.40. The quantitative estimate of drug-likeness (QED) is 0.463. The molecule has 0 atom stereocenters. The SMILES string of the molecule is COc1ccc(S(=O)(=O)N2CCCCCC2)cc1C(=O)OCC(=O)c1cc(C)n(C)c1C. The number of hydrogen-bond acceptors (Lipinski definition) is 6. The van der Waals surface area contributed by atoms with Crippen molar-refractivity contribution in [2.45, 2.75) is 44.4 Å². The molecule has 1 aliphatic heterocycles. The Labute approximate surface area is 189 Å². The van der Waals surface area contributed by atoms with Crippen LogP contribution in [0, 0.1) is 13.8 Å². The van der Waals surface area contributed by atoms with Gasteiger partial charge in [0.25, 0.3) is 0 Å². The molecule has 1 aromatic heterocycles. The number of rotatable bonds is 7. The summed E-state index contributed by atoms with van der Waals surface area (Å²) in [5.41, 5.74) is 2.16. The van der Waals surface area contributed by atoms with Gasteiger partial charge in [-0.15, -0.1) is 0 Å². The van der Waals surface area contributed by atoms with Gasteiger partial charge in [-0.05, 0) is 51.0 Å². The van der Waals surface area contributed by atoms with E-state index in [1.54, 1.807) is 6.07 Å². The van der Waals surface area contributed by atoms with Gasteiger partial charge < -0.3 is 14.0 Å². The number of aryl methyl sites for hydroxylation is 1. The second-order valence-corrected chi connectivity index (χ2v) is 9.96. The highest BCUT2D eigenvalue weighted by Gasteiger charge is 2.28.